The number of carbonyl (C=O) groups excluding carboxylic acids is 1. The summed E-state index contributed by atoms with van der Waals surface area (Å²) in [5.74, 6) is -1.03. The minimum atomic E-state index is -1.03. The van der Waals surface area contributed by atoms with Crippen LogP contribution in [-0.4, -0.2) is 53.1 Å². The zero-order chi connectivity index (χ0) is 12.0. The molecule has 0 spiro atoms. The van der Waals surface area contributed by atoms with Crippen LogP contribution in [0.2, 0.25) is 0 Å². The maximum atomic E-state index is 11.8. The second-order valence-corrected chi connectivity index (χ2v) is 3.55. The van der Waals surface area contributed by atoms with Crippen LogP contribution in [0.1, 0.15) is 13.8 Å². The topological polar surface area (TPSA) is 60.9 Å². The molecule has 0 atom stereocenters. The molecule has 0 aliphatic heterocycles. The Morgan fingerprint density at radius 2 is 2.00 bits per heavy atom. The quantitative estimate of drug-likeness (QED) is 0.695. The van der Waals surface area contributed by atoms with E-state index in [-0.39, 0.29) is 25.2 Å². The second kappa shape index (κ2) is 6.06. The number of hydrogen-bond acceptors (Lipinski definition) is 2. The molecule has 0 aromatic heterocycles. The SMILES string of the molecule is C=CCN(CC(=O)O)C(=O)N(C)C(C)C. The summed E-state index contributed by atoms with van der Waals surface area (Å²) in [5, 5.41) is 8.63. The molecule has 0 aromatic rings. The molecule has 15 heavy (non-hydrogen) atoms. The molecule has 5 nitrogen and oxygen atoms in total. The number of aliphatic carboxylic acids is 1. The lowest BCUT2D eigenvalue weighted by Crippen LogP contribution is -2.46. The maximum Gasteiger partial charge on any atom is 0.323 e. The average Bonchev–Trinajstić information content (AvgIpc) is 2.14. The number of hydrogen-bond donors (Lipinski definition) is 1. The van der Waals surface area contributed by atoms with E-state index in [0.717, 1.165) is 0 Å². The van der Waals surface area contributed by atoms with Crippen LogP contribution < -0.4 is 0 Å². The average molecular weight is 214 g/mol. The van der Waals surface area contributed by atoms with E-state index in [1.165, 1.54) is 15.9 Å². The van der Waals surface area contributed by atoms with Crippen LogP contribution in [0.5, 0.6) is 0 Å². The summed E-state index contributed by atoms with van der Waals surface area (Å²) in [6.45, 7) is 7.16. The molecular formula is C10H18N2O3. The van der Waals surface area contributed by atoms with Crippen molar-refractivity contribution in [2.75, 3.05) is 20.1 Å². The van der Waals surface area contributed by atoms with E-state index in [1.807, 2.05) is 13.8 Å². The van der Waals surface area contributed by atoms with Gasteiger partial charge in [-0.1, -0.05) is 6.08 Å². The van der Waals surface area contributed by atoms with E-state index in [4.69, 9.17) is 5.11 Å². The Kier molecular flexibility index (Phi) is 5.44. The van der Waals surface area contributed by atoms with Crippen molar-refractivity contribution in [1.82, 2.24) is 9.80 Å². The molecule has 0 saturated carbocycles. The molecule has 5 heteroatoms. The van der Waals surface area contributed by atoms with Crippen LogP contribution in [0.15, 0.2) is 12.7 Å². The molecule has 0 aliphatic carbocycles. The predicted octanol–water partition coefficient (Wildman–Crippen LogP) is 1.02. The Morgan fingerprint density at radius 3 is 2.33 bits per heavy atom. The summed E-state index contributed by atoms with van der Waals surface area (Å²) in [4.78, 5) is 25.0. The van der Waals surface area contributed by atoms with Gasteiger partial charge in [0, 0.05) is 19.6 Å². The standard InChI is InChI=1S/C10H18N2O3/c1-5-6-12(7-9(13)14)10(15)11(4)8(2)3/h5,8H,1,6-7H2,2-4H3,(H,13,14). The summed E-state index contributed by atoms with van der Waals surface area (Å²) < 4.78 is 0. The van der Waals surface area contributed by atoms with Crippen molar-refractivity contribution in [1.29, 1.82) is 0 Å². The fourth-order valence-electron chi connectivity index (χ4n) is 0.973. The minimum Gasteiger partial charge on any atom is -0.480 e. The first-order valence-electron chi connectivity index (χ1n) is 4.74. The highest BCUT2D eigenvalue weighted by Crippen LogP contribution is 2.01. The van der Waals surface area contributed by atoms with Crippen LogP contribution in [0, 0.1) is 0 Å². The second-order valence-electron chi connectivity index (χ2n) is 3.55. The number of urea groups is 1. The van der Waals surface area contributed by atoms with Crippen molar-refractivity contribution < 1.29 is 14.7 Å². The Bertz CT molecular complexity index is 251. The fraction of sp³-hybridized carbons (Fsp3) is 0.600. The van der Waals surface area contributed by atoms with Gasteiger partial charge in [-0.2, -0.15) is 0 Å². The third-order valence-corrected chi connectivity index (χ3v) is 2.02. The van der Waals surface area contributed by atoms with Crippen molar-refractivity contribution in [3.63, 3.8) is 0 Å². The predicted molar refractivity (Wildman–Crippen MR) is 57.7 cm³/mol. The summed E-state index contributed by atoms with van der Waals surface area (Å²) in [6, 6.07) is -0.258. The molecule has 0 saturated heterocycles. The van der Waals surface area contributed by atoms with Gasteiger partial charge in [0.05, 0.1) is 0 Å². The first-order chi connectivity index (χ1) is 6.90. The zero-order valence-electron chi connectivity index (χ0n) is 9.43. The third-order valence-electron chi connectivity index (χ3n) is 2.02. The summed E-state index contributed by atoms with van der Waals surface area (Å²) in [7, 11) is 1.64. The first kappa shape index (κ1) is 13.5. The Labute approximate surface area is 90.0 Å². The van der Waals surface area contributed by atoms with Gasteiger partial charge in [-0.15, -0.1) is 6.58 Å². The summed E-state index contributed by atoms with van der Waals surface area (Å²) >= 11 is 0. The van der Waals surface area contributed by atoms with Gasteiger partial charge in [0.25, 0.3) is 0 Å². The maximum absolute atomic E-state index is 11.8. The van der Waals surface area contributed by atoms with E-state index in [1.54, 1.807) is 7.05 Å². The zero-order valence-corrected chi connectivity index (χ0v) is 9.43. The highest BCUT2D eigenvalue weighted by molar-refractivity contribution is 5.80. The fourth-order valence-corrected chi connectivity index (χ4v) is 0.973. The van der Waals surface area contributed by atoms with Gasteiger partial charge in [-0.25, -0.2) is 4.79 Å². The lowest BCUT2D eigenvalue weighted by Gasteiger charge is -2.28. The van der Waals surface area contributed by atoms with Gasteiger partial charge in [-0.3, -0.25) is 4.79 Å². The molecule has 86 valence electrons. The highest BCUT2D eigenvalue weighted by atomic mass is 16.4. The molecule has 0 heterocycles. The molecule has 0 fully saturated rings. The Morgan fingerprint density at radius 1 is 1.47 bits per heavy atom. The third kappa shape index (κ3) is 4.49. The number of carbonyl (C=O) groups is 2. The number of carboxylic acids is 1. The summed E-state index contributed by atoms with van der Waals surface area (Å²) in [5.41, 5.74) is 0. The molecule has 0 aromatic carbocycles. The molecule has 1 N–H and O–H groups in total. The smallest absolute Gasteiger partial charge is 0.323 e. The molecular weight excluding hydrogens is 196 g/mol. The van der Waals surface area contributed by atoms with Crippen LogP contribution in [0.25, 0.3) is 0 Å². The molecule has 0 aliphatic rings. The molecule has 2 amide bonds. The van der Waals surface area contributed by atoms with Crippen molar-refractivity contribution in [2.24, 2.45) is 0 Å². The first-order valence-corrected chi connectivity index (χ1v) is 4.74. The van der Waals surface area contributed by atoms with Gasteiger partial charge >= 0.3 is 12.0 Å². The van der Waals surface area contributed by atoms with Crippen LogP contribution in [0.4, 0.5) is 4.79 Å². The molecule has 0 unspecified atom stereocenters. The number of nitrogens with zero attached hydrogens (tertiary/aromatic N) is 2. The van der Waals surface area contributed by atoms with E-state index >= 15 is 0 Å². The molecule has 0 rings (SSSR count). The van der Waals surface area contributed by atoms with E-state index in [0.29, 0.717) is 0 Å². The van der Waals surface area contributed by atoms with Crippen molar-refractivity contribution in [2.45, 2.75) is 19.9 Å². The summed E-state index contributed by atoms with van der Waals surface area (Å²) in [6.07, 6.45) is 1.51. The van der Waals surface area contributed by atoms with E-state index < -0.39 is 5.97 Å². The van der Waals surface area contributed by atoms with Gasteiger partial charge in [0.15, 0.2) is 0 Å². The lowest BCUT2D eigenvalue weighted by atomic mass is 10.3. The Hall–Kier alpha value is -1.52. The van der Waals surface area contributed by atoms with Crippen molar-refractivity contribution in [3.8, 4) is 0 Å². The Balaban J connectivity index is 4.53. The van der Waals surface area contributed by atoms with Gasteiger partial charge in [-0.05, 0) is 13.8 Å². The molecule has 0 radical (unpaired) electrons. The number of amides is 2. The highest BCUT2D eigenvalue weighted by Gasteiger charge is 2.20. The van der Waals surface area contributed by atoms with Gasteiger partial charge < -0.3 is 14.9 Å². The van der Waals surface area contributed by atoms with Crippen LogP contribution in [-0.2, 0) is 4.79 Å². The van der Waals surface area contributed by atoms with Crippen molar-refractivity contribution >= 4 is 12.0 Å². The monoisotopic (exact) mass is 214 g/mol. The van der Waals surface area contributed by atoms with Crippen molar-refractivity contribution in [3.05, 3.63) is 12.7 Å². The largest absolute Gasteiger partial charge is 0.480 e. The minimum absolute atomic E-state index is 0.0404. The van der Waals surface area contributed by atoms with E-state index in [9.17, 15) is 9.59 Å². The van der Waals surface area contributed by atoms with Gasteiger partial charge in [0.2, 0.25) is 0 Å². The number of carboxylic acid groups (broad SMARTS) is 1. The molecule has 0 bridgehead atoms. The lowest BCUT2D eigenvalue weighted by molar-refractivity contribution is -0.137. The van der Waals surface area contributed by atoms with E-state index in [2.05, 4.69) is 6.58 Å². The normalized spacial score (nSPS) is 9.87. The number of rotatable bonds is 5. The van der Waals surface area contributed by atoms with Crippen LogP contribution >= 0.6 is 0 Å². The van der Waals surface area contributed by atoms with Crippen LogP contribution in [0.3, 0.4) is 0 Å². The van der Waals surface area contributed by atoms with Gasteiger partial charge in [0.1, 0.15) is 6.54 Å².